The summed E-state index contributed by atoms with van der Waals surface area (Å²) in [5.74, 6) is -1.82. The third kappa shape index (κ3) is 3.12. The van der Waals surface area contributed by atoms with Crippen LogP contribution in [0.1, 0.15) is 13.3 Å². The van der Waals surface area contributed by atoms with Crippen molar-refractivity contribution < 1.29 is 18.0 Å². The Balaban J connectivity index is 2.36. The average Bonchev–Trinajstić information content (AvgIpc) is 2.41. The van der Waals surface area contributed by atoms with Crippen molar-refractivity contribution in [2.45, 2.75) is 25.6 Å². The van der Waals surface area contributed by atoms with Gasteiger partial charge in [0.25, 0.3) is 0 Å². The Morgan fingerprint density at radius 3 is 2.50 bits per heavy atom. The van der Waals surface area contributed by atoms with Crippen molar-refractivity contribution >= 4 is 11.6 Å². The van der Waals surface area contributed by atoms with Crippen molar-refractivity contribution in [3.63, 3.8) is 0 Å². The summed E-state index contributed by atoms with van der Waals surface area (Å²) in [5, 5.41) is 3.13. The number of para-hydroxylation sites is 1. The van der Waals surface area contributed by atoms with E-state index >= 15 is 0 Å². The summed E-state index contributed by atoms with van der Waals surface area (Å²) in [4.78, 5) is 12.7. The van der Waals surface area contributed by atoms with Gasteiger partial charge in [-0.3, -0.25) is 4.79 Å². The summed E-state index contributed by atoms with van der Waals surface area (Å²) in [5.41, 5.74) is 0.300. The molecule has 20 heavy (non-hydrogen) atoms. The van der Waals surface area contributed by atoms with Crippen LogP contribution in [-0.4, -0.2) is 31.2 Å². The second-order valence-electron chi connectivity index (χ2n) is 5.05. The van der Waals surface area contributed by atoms with E-state index < -0.39 is 18.1 Å². The van der Waals surface area contributed by atoms with Crippen LogP contribution >= 0.6 is 0 Å². The molecule has 1 aliphatic heterocycles. The molecule has 1 aromatic carbocycles. The predicted octanol–water partition coefficient (Wildman–Crippen LogP) is 2.58. The number of amides is 1. The minimum absolute atomic E-state index is 0.0322. The van der Waals surface area contributed by atoms with E-state index in [1.807, 2.05) is 6.92 Å². The Kier molecular flexibility index (Phi) is 4.32. The molecular formula is C14H17F3N2O. The Bertz CT molecular complexity index is 461. The number of anilines is 1. The zero-order valence-electron chi connectivity index (χ0n) is 11.2. The minimum atomic E-state index is -4.86. The van der Waals surface area contributed by atoms with Crippen LogP contribution < -0.4 is 10.2 Å². The first-order valence-corrected chi connectivity index (χ1v) is 6.57. The quantitative estimate of drug-likeness (QED) is 0.906. The van der Waals surface area contributed by atoms with Gasteiger partial charge in [-0.25, -0.2) is 0 Å². The number of nitrogens with one attached hydrogen (secondary N) is 1. The molecule has 6 heteroatoms. The Morgan fingerprint density at radius 2 is 1.95 bits per heavy atom. The van der Waals surface area contributed by atoms with E-state index in [0.29, 0.717) is 25.2 Å². The fraction of sp³-hybridized carbons (Fsp3) is 0.500. The lowest BCUT2D eigenvalue weighted by molar-refractivity contribution is -0.171. The molecule has 1 heterocycles. The van der Waals surface area contributed by atoms with Crippen LogP contribution in [0.3, 0.4) is 0 Å². The van der Waals surface area contributed by atoms with Gasteiger partial charge in [0.05, 0.1) is 0 Å². The molecule has 0 radical (unpaired) electrons. The number of nitrogens with zero attached hydrogens (tertiary/aromatic N) is 1. The lowest BCUT2D eigenvalue weighted by atomic mass is 9.93. The number of hydrogen-bond donors (Lipinski definition) is 1. The van der Waals surface area contributed by atoms with Crippen LogP contribution in [0, 0.1) is 5.92 Å². The second kappa shape index (κ2) is 5.83. The standard InChI is InChI=1S/C14H17F3N2O/c1-10-9-18-8-7-12(10)19(13(20)14(15,16)17)11-5-3-2-4-6-11/h2-6,10,12,18H,7-9H2,1H3/t10-,12+/m0/s1. The second-order valence-corrected chi connectivity index (χ2v) is 5.05. The number of benzene rings is 1. The number of hydrogen-bond acceptors (Lipinski definition) is 2. The smallest absolute Gasteiger partial charge is 0.316 e. The van der Waals surface area contributed by atoms with Gasteiger partial charge in [-0.1, -0.05) is 25.1 Å². The highest BCUT2D eigenvalue weighted by Gasteiger charge is 2.46. The van der Waals surface area contributed by atoms with Crippen LogP contribution in [0.4, 0.5) is 18.9 Å². The Hall–Kier alpha value is -1.56. The summed E-state index contributed by atoms with van der Waals surface area (Å²) in [6.45, 7) is 3.08. The summed E-state index contributed by atoms with van der Waals surface area (Å²) < 4.78 is 38.6. The molecule has 1 saturated heterocycles. The summed E-state index contributed by atoms with van der Waals surface area (Å²) in [7, 11) is 0. The van der Waals surface area contributed by atoms with E-state index in [1.54, 1.807) is 30.3 Å². The molecule has 0 aliphatic carbocycles. The van der Waals surface area contributed by atoms with Gasteiger partial charge in [-0.15, -0.1) is 0 Å². The van der Waals surface area contributed by atoms with E-state index in [1.165, 1.54) is 0 Å². The molecule has 2 rings (SSSR count). The third-order valence-corrected chi connectivity index (χ3v) is 3.57. The SMILES string of the molecule is C[C@H]1CNCC[C@H]1N(C(=O)C(F)(F)F)c1ccccc1. The molecular weight excluding hydrogens is 269 g/mol. The van der Waals surface area contributed by atoms with Crippen molar-refractivity contribution in [2.75, 3.05) is 18.0 Å². The molecule has 0 saturated carbocycles. The number of alkyl halides is 3. The lowest BCUT2D eigenvalue weighted by Gasteiger charge is -2.39. The maximum absolute atomic E-state index is 12.9. The summed E-state index contributed by atoms with van der Waals surface area (Å²) >= 11 is 0. The van der Waals surface area contributed by atoms with Crippen molar-refractivity contribution in [2.24, 2.45) is 5.92 Å². The Labute approximate surface area is 115 Å². The van der Waals surface area contributed by atoms with Gasteiger partial charge in [0.15, 0.2) is 0 Å². The van der Waals surface area contributed by atoms with Crippen LogP contribution in [0.15, 0.2) is 30.3 Å². The maximum Gasteiger partial charge on any atom is 0.471 e. The van der Waals surface area contributed by atoms with E-state index in [2.05, 4.69) is 5.32 Å². The van der Waals surface area contributed by atoms with E-state index in [4.69, 9.17) is 0 Å². The number of rotatable bonds is 2. The highest BCUT2D eigenvalue weighted by molar-refractivity contribution is 5.97. The van der Waals surface area contributed by atoms with Gasteiger partial charge in [0.1, 0.15) is 0 Å². The number of halogens is 3. The van der Waals surface area contributed by atoms with Gasteiger partial charge in [0, 0.05) is 11.7 Å². The first-order valence-electron chi connectivity index (χ1n) is 6.57. The highest BCUT2D eigenvalue weighted by atomic mass is 19.4. The van der Waals surface area contributed by atoms with Crippen LogP contribution in [0.25, 0.3) is 0 Å². The predicted molar refractivity (Wildman–Crippen MR) is 70.4 cm³/mol. The molecule has 1 fully saturated rings. The zero-order valence-corrected chi connectivity index (χ0v) is 11.2. The molecule has 0 bridgehead atoms. The number of piperidine rings is 1. The Morgan fingerprint density at radius 1 is 1.30 bits per heavy atom. The van der Waals surface area contributed by atoms with Crippen molar-refractivity contribution in [1.29, 1.82) is 0 Å². The van der Waals surface area contributed by atoms with Gasteiger partial charge in [-0.2, -0.15) is 13.2 Å². The van der Waals surface area contributed by atoms with Gasteiger partial charge >= 0.3 is 12.1 Å². The molecule has 0 spiro atoms. The van der Waals surface area contributed by atoms with Crippen LogP contribution in [-0.2, 0) is 4.79 Å². The summed E-state index contributed by atoms with van der Waals surface area (Å²) in [6.07, 6.45) is -4.35. The molecule has 1 aliphatic rings. The maximum atomic E-state index is 12.9. The van der Waals surface area contributed by atoms with Crippen LogP contribution in [0.5, 0.6) is 0 Å². The minimum Gasteiger partial charge on any atom is -0.316 e. The van der Waals surface area contributed by atoms with Gasteiger partial charge < -0.3 is 10.2 Å². The van der Waals surface area contributed by atoms with Gasteiger partial charge in [-0.05, 0) is 37.6 Å². The molecule has 0 aromatic heterocycles. The fourth-order valence-corrected chi connectivity index (χ4v) is 2.57. The summed E-state index contributed by atoms with van der Waals surface area (Å²) in [6, 6.07) is 7.63. The lowest BCUT2D eigenvalue weighted by Crippen LogP contribution is -2.54. The zero-order chi connectivity index (χ0) is 14.8. The molecule has 0 unspecified atom stereocenters. The molecule has 1 aromatic rings. The van der Waals surface area contributed by atoms with E-state index in [-0.39, 0.29) is 5.92 Å². The van der Waals surface area contributed by atoms with Crippen LogP contribution in [0.2, 0.25) is 0 Å². The number of carbonyl (C=O) groups is 1. The van der Waals surface area contributed by atoms with Crippen molar-refractivity contribution in [3.8, 4) is 0 Å². The van der Waals surface area contributed by atoms with E-state index in [0.717, 1.165) is 4.90 Å². The highest BCUT2D eigenvalue weighted by Crippen LogP contribution is 2.30. The largest absolute Gasteiger partial charge is 0.471 e. The van der Waals surface area contributed by atoms with E-state index in [9.17, 15) is 18.0 Å². The van der Waals surface area contributed by atoms with Gasteiger partial charge in [0.2, 0.25) is 0 Å². The topological polar surface area (TPSA) is 32.3 Å². The van der Waals surface area contributed by atoms with Crippen molar-refractivity contribution in [1.82, 2.24) is 5.32 Å². The first kappa shape index (κ1) is 14.8. The third-order valence-electron chi connectivity index (χ3n) is 3.57. The van der Waals surface area contributed by atoms with Crippen molar-refractivity contribution in [3.05, 3.63) is 30.3 Å². The monoisotopic (exact) mass is 286 g/mol. The molecule has 3 nitrogen and oxygen atoms in total. The molecule has 110 valence electrons. The molecule has 2 atom stereocenters. The molecule has 1 N–H and O–H groups in total. The normalized spacial score (nSPS) is 23.4. The fourth-order valence-electron chi connectivity index (χ4n) is 2.57. The number of carbonyl (C=O) groups excluding carboxylic acids is 1. The first-order chi connectivity index (χ1) is 9.41. The average molecular weight is 286 g/mol. The molecule has 1 amide bonds.